The van der Waals surface area contributed by atoms with E-state index in [9.17, 15) is 34.5 Å². The van der Waals surface area contributed by atoms with Crippen molar-refractivity contribution in [1.82, 2.24) is 10.6 Å². The van der Waals surface area contributed by atoms with Crippen molar-refractivity contribution >= 4 is 14.5 Å². The largest absolute Gasteiger partial charge is 2.00 e. The van der Waals surface area contributed by atoms with E-state index in [1.165, 1.54) is 0 Å². The SMILES string of the molecule is CCNCCNCC.F[B-](F)(F)F.F[B-](F)(F)F.[Ni+2]. The zero-order valence-corrected chi connectivity index (χ0v) is 11.3. The maximum absolute atomic E-state index is 9.75. The topological polar surface area (TPSA) is 24.1 Å². The molecule has 2 N–H and O–H groups in total. The minimum absolute atomic E-state index is 0. The van der Waals surface area contributed by atoms with E-state index in [-0.39, 0.29) is 16.5 Å². The summed E-state index contributed by atoms with van der Waals surface area (Å²) >= 11 is 0. The molecular formula is C6H16B2F8N2Ni. The summed E-state index contributed by atoms with van der Waals surface area (Å²) in [5, 5.41) is 6.44. The fraction of sp³-hybridized carbons (Fsp3) is 1.00. The maximum atomic E-state index is 9.75. The molecule has 0 aromatic carbocycles. The van der Waals surface area contributed by atoms with Crippen LogP contribution in [0.3, 0.4) is 0 Å². The van der Waals surface area contributed by atoms with Crippen LogP contribution in [0.2, 0.25) is 0 Å². The van der Waals surface area contributed by atoms with Gasteiger partial charge in [0.05, 0.1) is 0 Å². The van der Waals surface area contributed by atoms with Gasteiger partial charge in [-0.15, -0.1) is 0 Å². The van der Waals surface area contributed by atoms with E-state index < -0.39 is 14.5 Å². The van der Waals surface area contributed by atoms with E-state index in [0.717, 1.165) is 26.2 Å². The van der Waals surface area contributed by atoms with Crippen LogP contribution in [0.1, 0.15) is 13.8 Å². The Labute approximate surface area is 117 Å². The summed E-state index contributed by atoms with van der Waals surface area (Å²) in [5.74, 6) is 0. The van der Waals surface area contributed by atoms with Crippen LogP contribution in [0.5, 0.6) is 0 Å². The van der Waals surface area contributed by atoms with Crippen LogP contribution in [-0.2, 0) is 16.5 Å². The van der Waals surface area contributed by atoms with Gasteiger partial charge in [0.1, 0.15) is 0 Å². The summed E-state index contributed by atoms with van der Waals surface area (Å²) in [6, 6.07) is 0. The minimum atomic E-state index is -6.00. The smallest absolute Gasteiger partial charge is 0.418 e. The van der Waals surface area contributed by atoms with Gasteiger partial charge in [-0.2, -0.15) is 0 Å². The first-order valence-corrected chi connectivity index (χ1v) is 5.07. The molecule has 0 radical (unpaired) electrons. The fourth-order valence-electron chi connectivity index (χ4n) is 0.530. The molecule has 13 heteroatoms. The quantitative estimate of drug-likeness (QED) is 0.454. The van der Waals surface area contributed by atoms with Gasteiger partial charge >= 0.3 is 31.0 Å². The Hall–Kier alpha value is -0.0166. The molecule has 0 atom stereocenters. The third-order valence-corrected chi connectivity index (χ3v) is 0.979. The second kappa shape index (κ2) is 16.0. The summed E-state index contributed by atoms with van der Waals surface area (Å²) in [4.78, 5) is 0. The number of likely N-dealkylation sites (N-methyl/N-ethyl adjacent to an activating group) is 2. The number of nitrogens with one attached hydrogen (secondary N) is 2. The van der Waals surface area contributed by atoms with Gasteiger partial charge < -0.3 is 45.2 Å². The third-order valence-electron chi connectivity index (χ3n) is 0.979. The van der Waals surface area contributed by atoms with Gasteiger partial charge in [-0.25, -0.2) is 0 Å². The van der Waals surface area contributed by atoms with Gasteiger partial charge in [-0.3, -0.25) is 0 Å². The van der Waals surface area contributed by atoms with E-state index in [2.05, 4.69) is 24.5 Å². The van der Waals surface area contributed by atoms with Gasteiger partial charge in [0, 0.05) is 13.1 Å². The van der Waals surface area contributed by atoms with Gasteiger partial charge in [0.25, 0.3) is 0 Å². The monoisotopic (exact) mass is 348 g/mol. The molecule has 122 valence electrons. The molecule has 0 heterocycles. The van der Waals surface area contributed by atoms with Crippen LogP contribution in [0.4, 0.5) is 34.5 Å². The van der Waals surface area contributed by atoms with Crippen molar-refractivity contribution in [2.45, 2.75) is 13.8 Å². The molecule has 0 fully saturated rings. The normalized spacial score (nSPS) is 10.4. The Morgan fingerprint density at radius 3 is 0.895 bits per heavy atom. The Morgan fingerprint density at radius 1 is 0.632 bits per heavy atom. The molecule has 0 saturated carbocycles. The van der Waals surface area contributed by atoms with Crippen LogP contribution >= 0.6 is 0 Å². The fourth-order valence-corrected chi connectivity index (χ4v) is 0.530. The van der Waals surface area contributed by atoms with E-state index in [0.29, 0.717) is 0 Å². The number of hydrogen-bond donors (Lipinski definition) is 2. The number of hydrogen-bond acceptors (Lipinski definition) is 2. The first-order chi connectivity index (χ1) is 7.91. The van der Waals surface area contributed by atoms with Crippen molar-refractivity contribution < 1.29 is 51.0 Å². The average Bonchev–Trinajstić information content (AvgIpc) is 2.07. The number of rotatable bonds is 5. The molecule has 2 nitrogen and oxygen atoms in total. The molecular weight excluding hydrogens is 332 g/mol. The molecule has 0 saturated heterocycles. The molecule has 0 aromatic heterocycles. The van der Waals surface area contributed by atoms with Gasteiger partial charge in [0.15, 0.2) is 0 Å². The van der Waals surface area contributed by atoms with Crippen molar-refractivity contribution in [3.63, 3.8) is 0 Å². The zero-order valence-electron chi connectivity index (χ0n) is 10.3. The predicted octanol–water partition coefficient (Wildman–Crippen LogP) is 2.80. The van der Waals surface area contributed by atoms with Crippen molar-refractivity contribution in [2.24, 2.45) is 0 Å². The molecule has 0 bridgehead atoms. The number of halogens is 8. The predicted molar refractivity (Wildman–Crippen MR) is 57.5 cm³/mol. The average molecular weight is 349 g/mol. The Morgan fingerprint density at radius 2 is 0.789 bits per heavy atom. The second-order valence-corrected chi connectivity index (χ2v) is 2.70. The summed E-state index contributed by atoms with van der Waals surface area (Å²) in [5.41, 5.74) is 0. The van der Waals surface area contributed by atoms with Crippen molar-refractivity contribution in [3.05, 3.63) is 0 Å². The zero-order chi connectivity index (χ0) is 15.2. The maximum Gasteiger partial charge on any atom is 2.00 e. The Bertz CT molecular complexity index is 138. The van der Waals surface area contributed by atoms with E-state index >= 15 is 0 Å². The van der Waals surface area contributed by atoms with Crippen molar-refractivity contribution in [1.29, 1.82) is 0 Å². The van der Waals surface area contributed by atoms with Gasteiger partial charge in [-0.1, -0.05) is 13.8 Å². The van der Waals surface area contributed by atoms with Crippen LogP contribution < -0.4 is 10.6 Å². The first kappa shape index (κ1) is 27.3. The standard InChI is InChI=1S/C6H16N2.2BF4.Ni/c1-3-7-5-6-8-4-2;2*2-1(3,4)5;/h7-8H,3-6H2,1-2H3;;;/q;2*-1;+2. The molecule has 0 unspecified atom stereocenters. The van der Waals surface area contributed by atoms with Crippen LogP contribution in [0.15, 0.2) is 0 Å². The van der Waals surface area contributed by atoms with E-state index in [1.54, 1.807) is 0 Å². The first-order valence-electron chi connectivity index (χ1n) is 5.07. The minimum Gasteiger partial charge on any atom is -0.418 e. The summed E-state index contributed by atoms with van der Waals surface area (Å²) in [7, 11) is -12.0. The van der Waals surface area contributed by atoms with Crippen LogP contribution in [0.25, 0.3) is 0 Å². The summed E-state index contributed by atoms with van der Waals surface area (Å²) in [6.07, 6.45) is 0. The Balaban J connectivity index is -0.0000000906. The molecule has 0 aliphatic heterocycles. The third kappa shape index (κ3) is 185. The molecule has 0 aliphatic rings. The second-order valence-electron chi connectivity index (χ2n) is 2.70. The van der Waals surface area contributed by atoms with E-state index in [1.807, 2.05) is 0 Å². The van der Waals surface area contributed by atoms with E-state index in [4.69, 9.17) is 0 Å². The molecule has 0 rings (SSSR count). The summed E-state index contributed by atoms with van der Waals surface area (Å²) < 4.78 is 78.0. The molecule has 0 aliphatic carbocycles. The molecule has 0 amide bonds. The summed E-state index contributed by atoms with van der Waals surface area (Å²) in [6.45, 7) is 8.56. The molecule has 0 spiro atoms. The van der Waals surface area contributed by atoms with Gasteiger partial charge in [0.2, 0.25) is 0 Å². The Kier molecular flexibility index (Phi) is 23.1. The molecule has 0 aromatic rings. The van der Waals surface area contributed by atoms with Crippen LogP contribution in [0, 0.1) is 0 Å². The van der Waals surface area contributed by atoms with Crippen molar-refractivity contribution in [2.75, 3.05) is 26.2 Å². The van der Waals surface area contributed by atoms with Gasteiger partial charge in [-0.05, 0) is 13.1 Å². The van der Waals surface area contributed by atoms with Crippen molar-refractivity contribution in [3.8, 4) is 0 Å². The van der Waals surface area contributed by atoms with Crippen LogP contribution in [-0.4, -0.2) is 40.7 Å². The molecule has 19 heavy (non-hydrogen) atoms.